The average Bonchev–Trinajstić information content (AvgIpc) is 3.08. The predicted molar refractivity (Wildman–Crippen MR) is 79.1 cm³/mol. The fraction of sp³-hybridized carbons (Fsp3) is 0.333. The molecule has 1 fully saturated rings. The number of carbonyl (C=O) groups excluding carboxylic acids is 1. The van der Waals surface area contributed by atoms with E-state index in [9.17, 15) is 14.7 Å². The number of ether oxygens (including phenoxy) is 2. The van der Waals surface area contributed by atoms with Crippen molar-refractivity contribution in [1.29, 1.82) is 0 Å². The molecule has 4 atom stereocenters. The number of carboxylic acid groups (broad SMARTS) is 1. The lowest BCUT2D eigenvalue weighted by Gasteiger charge is -2.21. The topological polar surface area (TPSA) is 84.9 Å². The average molecular weight is 324 g/mol. The monoisotopic (exact) mass is 323 g/mol. The summed E-state index contributed by atoms with van der Waals surface area (Å²) in [6.07, 6.45) is 2.34. The van der Waals surface area contributed by atoms with E-state index < -0.39 is 35.9 Å². The number of halogens is 1. The molecule has 3 rings (SSSR count). The van der Waals surface area contributed by atoms with Gasteiger partial charge in [0.2, 0.25) is 5.91 Å². The molecule has 0 spiro atoms. The first kappa shape index (κ1) is 14.9. The lowest BCUT2D eigenvalue weighted by Crippen LogP contribution is -2.39. The Labute approximate surface area is 131 Å². The van der Waals surface area contributed by atoms with Crippen LogP contribution in [0.5, 0.6) is 5.75 Å². The Morgan fingerprint density at radius 2 is 1.95 bits per heavy atom. The van der Waals surface area contributed by atoms with Crippen LogP contribution in [0.3, 0.4) is 0 Å². The molecule has 2 aliphatic heterocycles. The summed E-state index contributed by atoms with van der Waals surface area (Å²) in [5.74, 6) is -2.69. The summed E-state index contributed by atoms with van der Waals surface area (Å²) in [7, 11) is 1.47. The highest BCUT2D eigenvalue weighted by Gasteiger charge is 2.53. The highest BCUT2D eigenvalue weighted by Crippen LogP contribution is 2.40. The fourth-order valence-electron chi connectivity index (χ4n) is 2.91. The van der Waals surface area contributed by atoms with Crippen LogP contribution in [-0.4, -0.2) is 36.3 Å². The molecule has 2 aliphatic rings. The lowest BCUT2D eigenvalue weighted by molar-refractivity contribution is -0.145. The lowest BCUT2D eigenvalue weighted by atomic mass is 9.82. The Morgan fingerprint density at radius 3 is 2.59 bits per heavy atom. The van der Waals surface area contributed by atoms with Gasteiger partial charge in [0.15, 0.2) is 0 Å². The van der Waals surface area contributed by atoms with Gasteiger partial charge >= 0.3 is 5.97 Å². The maximum Gasteiger partial charge on any atom is 0.310 e. The number of carbonyl (C=O) groups is 2. The number of anilines is 1. The van der Waals surface area contributed by atoms with Gasteiger partial charge in [0.05, 0.1) is 30.9 Å². The number of methoxy groups -OCH3 is 1. The number of rotatable bonds is 4. The van der Waals surface area contributed by atoms with E-state index in [1.54, 1.807) is 30.4 Å². The second kappa shape index (κ2) is 5.62. The van der Waals surface area contributed by atoms with Crippen molar-refractivity contribution < 1.29 is 24.2 Å². The summed E-state index contributed by atoms with van der Waals surface area (Å²) in [4.78, 5) is 23.9. The summed E-state index contributed by atoms with van der Waals surface area (Å²) >= 11 is 5.92. The fourth-order valence-corrected chi connectivity index (χ4v) is 3.08. The van der Waals surface area contributed by atoms with Gasteiger partial charge in [0.25, 0.3) is 0 Å². The maximum atomic E-state index is 12.5. The van der Waals surface area contributed by atoms with Crippen molar-refractivity contribution in [2.24, 2.45) is 11.8 Å². The maximum absolute atomic E-state index is 12.5. The van der Waals surface area contributed by atoms with Gasteiger partial charge in [-0.2, -0.15) is 0 Å². The number of hydrogen-bond donors (Lipinski definition) is 2. The summed E-state index contributed by atoms with van der Waals surface area (Å²) in [5, 5.41) is 12.5. The highest BCUT2D eigenvalue weighted by molar-refractivity contribution is 6.31. The molecular weight excluding hydrogens is 310 g/mol. The van der Waals surface area contributed by atoms with Crippen molar-refractivity contribution in [3.63, 3.8) is 0 Å². The molecule has 1 aromatic carbocycles. The first-order valence-corrected chi connectivity index (χ1v) is 7.10. The molecule has 116 valence electrons. The molecule has 2 bridgehead atoms. The number of amides is 1. The van der Waals surface area contributed by atoms with Crippen LogP contribution in [-0.2, 0) is 14.3 Å². The molecule has 2 heterocycles. The molecule has 0 aliphatic carbocycles. The van der Waals surface area contributed by atoms with Gasteiger partial charge in [0.1, 0.15) is 11.7 Å². The van der Waals surface area contributed by atoms with Gasteiger partial charge in [-0.05, 0) is 18.2 Å². The smallest absolute Gasteiger partial charge is 0.310 e. The van der Waals surface area contributed by atoms with Gasteiger partial charge in [-0.1, -0.05) is 23.8 Å². The van der Waals surface area contributed by atoms with Gasteiger partial charge < -0.3 is 19.9 Å². The predicted octanol–water partition coefficient (Wildman–Crippen LogP) is 1.94. The zero-order valence-corrected chi connectivity index (χ0v) is 12.4. The molecule has 4 unspecified atom stereocenters. The van der Waals surface area contributed by atoms with Crippen LogP contribution in [0.25, 0.3) is 0 Å². The standard InChI is InChI=1S/C15H14ClNO5/c1-21-9-3-2-7(16)6-8(9)17-14(18)12-10-4-5-11(22-10)13(12)15(19)20/h2-6,10-13H,1H3,(H,17,18)(H,19,20). The van der Waals surface area contributed by atoms with E-state index in [1.165, 1.54) is 7.11 Å². The van der Waals surface area contributed by atoms with Crippen molar-refractivity contribution in [1.82, 2.24) is 0 Å². The van der Waals surface area contributed by atoms with Crippen molar-refractivity contribution in [2.75, 3.05) is 12.4 Å². The quantitative estimate of drug-likeness (QED) is 0.827. The van der Waals surface area contributed by atoms with Crippen LogP contribution >= 0.6 is 11.6 Å². The normalized spacial score (nSPS) is 28.6. The van der Waals surface area contributed by atoms with Crippen LogP contribution < -0.4 is 10.1 Å². The Morgan fingerprint density at radius 1 is 1.27 bits per heavy atom. The Hall–Kier alpha value is -2.05. The van der Waals surface area contributed by atoms with Crippen LogP contribution in [0.15, 0.2) is 30.4 Å². The Kier molecular flexibility index (Phi) is 3.80. The number of nitrogens with one attached hydrogen (secondary N) is 1. The number of aliphatic carboxylic acids is 1. The minimum atomic E-state index is -1.05. The number of fused-ring (bicyclic) bond motifs is 2. The zero-order chi connectivity index (χ0) is 15.9. The third-order valence-corrected chi connectivity index (χ3v) is 4.14. The van der Waals surface area contributed by atoms with Crippen LogP contribution in [0.1, 0.15) is 0 Å². The van der Waals surface area contributed by atoms with Crippen LogP contribution in [0.2, 0.25) is 5.02 Å². The SMILES string of the molecule is COc1ccc(Cl)cc1NC(=O)C1C2C=CC(O2)C1C(=O)O. The second-order valence-electron chi connectivity index (χ2n) is 5.17. The van der Waals surface area contributed by atoms with E-state index in [0.717, 1.165) is 0 Å². The molecule has 1 saturated heterocycles. The molecule has 0 radical (unpaired) electrons. The van der Waals surface area contributed by atoms with E-state index in [1.807, 2.05) is 0 Å². The minimum Gasteiger partial charge on any atom is -0.495 e. The molecule has 0 saturated carbocycles. The summed E-state index contributed by atoms with van der Waals surface area (Å²) < 4.78 is 10.7. The molecule has 1 amide bonds. The number of benzene rings is 1. The summed E-state index contributed by atoms with van der Waals surface area (Å²) in [6, 6.07) is 4.82. The number of carboxylic acids is 1. The van der Waals surface area contributed by atoms with Gasteiger partial charge in [-0.15, -0.1) is 0 Å². The second-order valence-corrected chi connectivity index (χ2v) is 5.61. The Balaban J connectivity index is 1.84. The molecule has 6 nitrogen and oxygen atoms in total. The third kappa shape index (κ3) is 2.44. The van der Waals surface area contributed by atoms with E-state index >= 15 is 0 Å². The van der Waals surface area contributed by atoms with Crippen molar-refractivity contribution in [3.05, 3.63) is 35.4 Å². The van der Waals surface area contributed by atoms with Crippen molar-refractivity contribution in [3.8, 4) is 5.75 Å². The van der Waals surface area contributed by atoms with E-state index in [4.69, 9.17) is 21.1 Å². The van der Waals surface area contributed by atoms with E-state index in [-0.39, 0.29) is 0 Å². The van der Waals surface area contributed by atoms with Gasteiger partial charge in [-0.25, -0.2) is 0 Å². The van der Waals surface area contributed by atoms with Gasteiger partial charge in [-0.3, -0.25) is 9.59 Å². The third-order valence-electron chi connectivity index (χ3n) is 3.91. The summed E-state index contributed by atoms with van der Waals surface area (Å²) in [5.41, 5.74) is 0.399. The zero-order valence-electron chi connectivity index (χ0n) is 11.7. The van der Waals surface area contributed by atoms with Crippen molar-refractivity contribution in [2.45, 2.75) is 12.2 Å². The largest absolute Gasteiger partial charge is 0.495 e. The first-order valence-electron chi connectivity index (χ1n) is 6.72. The molecular formula is C15H14ClNO5. The molecule has 1 aromatic rings. The first-order chi connectivity index (χ1) is 10.5. The Bertz CT molecular complexity index is 659. The van der Waals surface area contributed by atoms with E-state index in [2.05, 4.69) is 5.32 Å². The van der Waals surface area contributed by atoms with Crippen molar-refractivity contribution >= 4 is 29.2 Å². The minimum absolute atomic E-state index is 0.399. The van der Waals surface area contributed by atoms with E-state index in [0.29, 0.717) is 16.5 Å². The molecule has 7 heteroatoms. The highest BCUT2D eigenvalue weighted by atomic mass is 35.5. The molecule has 0 aromatic heterocycles. The van der Waals surface area contributed by atoms with Gasteiger partial charge in [0, 0.05) is 5.02 Å². The molecule has 22 heavy (non-hydrogen) atoms. The number of hydrogen-bond acceptors (Lipinski definition) is 4. The molecule has 2 N–H and O–H groups in total. The van der Waals surface area contributed by atoms with Crippen LogP contribution in [0.4, 0.5) is 5.69 Å². The van der Waals surface area contributed by atoms with Crippen LogP contribution in [0, 0.1) is 11.8 Å². The summed E-state index contributed by atoms with van der Waals surface area (Å²) in [6.45, 7) is 0.